The first-order valence-corrected chi connectivity index (χ1v) is 6.51. The van der Waals surface area contributed by atoms with E-state index in [-0.39, 0.29) is 11.5 Å². The molecule has 0 saturated carbocycles. The van der Waals surface area contributed by atoms with Crippen LogP contribution in [0.15, 0.2) is 18.2 Å². The molecule has 3 rings (SSSR count). The van der Waals surface area contributed by atoms with Crippen molar-refractivity contribution < 1.29 is 24.4 Å². The smallest absolute Gasteiger partial charge is 0.122 e. The van der Waals surface area contributed by atoms with Crippen LogP contribution in [0.1, 0.15) is 12.5 Å². The van der Waals surface area contributed by atoms with Crippen LogP contribution >= 0.6 is 0 Å². The highest BCUT2D eigenvalue weighted by molar-refractivity contribution is 5.38. The lowest BCUT2D eigenvalue weighted by atomic mass is 10.1. The van der Waals surface area contributed by atoms with Crippen LogP contribution in [-0.2, 0) is 20.6 Å². The Balaban J connectivity index is 0.000000141. The average Bonchev–Trinajstić information content (AvgIpc) is 3.25. The van der Waals surface area contributed by atoms with Gasteiger partial charge in [0.15, 0.2) is 0 Å². The second-order valence-corrected chi connectivity index (χ2v) is 4.61. The molecule has 0 aliphatic carbocycles. The molecule has 1 aromatic carbocycles. The summed E-state index contributed by atoms with van der Waals surface area (Å²) in [6, 6.07) is 4.63. The number of hydrogen-bond acceptors (Lipinski definition) is 5. The summed E-state index contributed by atoms with van der Waals surface area (Å²) in [4.78, 5) is 0. The van der Waals surface area contributed by atoms with Gasteiger partial charge in [-0.25, -0.2) is 0 Å². The van der Waals surface area contributed by atoms with Crippen LogP contribution < -0.4 is 0 Å². The van der Waals surface area contributed by atoms with Gasteiger partial charge >= 0.3 is 0 Å². The number of hydrogen-bond donors (Lipinski definition) is 2. The maximum Gasteiger partial charge on any atom is 0.122 e. The van der Waals surface area contributed by atoms with Gasteiger partial charge in [0.2, 0.25) is 0 Å². The quantitative estimate of drug-likeness (QED) is 0.791. The van der Waals surface area contributed by atoms with E-state index in [0.717, 1.165) is 38.4 Å². The Morgan fingerprint density at radius 1 is 1.16 bits per heavy atom. The van der Waals surface area contributed by atoms with Crippen LogP contribution in [0.5, 0.6) is 11.5 Å². The van der Waals surface area contributed by atoms with Crippen molar-refractivity contribution in [3.63, 3.8) is 0 Å². The fraction of sp³-hybridized carbons (Fsp3) is 0.571. The third-order valence-electron chi connectivity index (χ3n) is 2.86. The Bertz CT molecular complexity index is 387. The Labute approximate surface area is 112 Å². The number of aryl methyl sites for hydroxylation is 1. The number of aromatic hydroxyl groups is 2. The van der Waals surface area contributed by atoms with Crippen LogP contribution in [0.25, 0.3) is 0 Å². The zero-order valence-electron chi connectivity index (χ0n) is 11.0. The van der Waals surface area contributed by atoms with Gasteiger partial charge in [0.25, 0.3) is 0 Å². The molecule has 5 nitrogen and oxygen atoms in total. The highest BCUT2D eigenvalue weighted by Crippen LogP contribution is 2.22. The second-order valence-electron chi connectivity index (χ2n) is 4.61. The second kappa shape index (κ2) is 6.75. The molecule has 0 amide bonds. The van der Waals surface area contributed by atoms with Gasteiger partial charge in [-0.3, -0.25) is 0 Å². The summed E-state index contributed by atoms with van der Waals surface area (Å²) in [5, 5.41) is 18.0. The lowest BCUT2D eigenvalue weighted by Crippen LogP contribution is -2.06. The van der Waals surface area contributed by atoms with Crippen molar-refractivity contribution in [3.05, 3.63) is 23.8 Å². The molecule has 5 heteroatoms. The first-order valence-electron chi connectivity index (χ1n) is 6.51. The van der Waals surface area contributed by atoms with Crippen molar-refractivity contribution in [1.82, 2.24) is 0 Å². The van der Waals surface area contributed by atoms with Gasteiger partial charge in [0, 0.05) is 6.07 Å². The summed E-state index contributed by atoms with van der Waals surface area (Å²) in [5.74, 6) is 0.275. The molecule has 19 heavy (non-hydrogen) atoms. The van der Waals surface area contributed by atoms with Crippen molar-refractivity contribution in [1.29, 1.82) is 0 Å². The molecule has 2 aliphatic rings. The van der Waals surface area contributed by atoms with Gasteiger partial charge in [0.05, 0.1) is 26.4 Å². The summed E-state index contributed by atoms with van der Waals surface area (Å²) in [7, 11) is 0. The Morgan fingerprint density at radius 2 is 1.74 bits per heavy atom. The Kier molecular flexibility index (Phi) is 5.01. The molecule has 1 aromatic rings. The van der Waals surface area contributed by atoms with E-state index in [9.17, 15) is 0 Å². The highest BCUT2D eigenvalue weighted by atomic mass is 16.6. The summed E-state index contributed by atoms with van der Waals surface area (Å²) in [6.45, 7) is 5.21. The molecule has 2 atom stereocenters. The summed E-state index contributed by atoms with van der Waals surface area (Å²) >= 11 is 0. The number of ether oxygens (including phenoxy) is 3. The number of epoxide rings is 2. The van der Waals surface area contributed by atoms with E-state index in [0.29, 0.717) is 12.2 Å². The van der Waals surface area contributed by atoms with E-state index in [1.807, 2.05) is 6.92 Å². The van der Waals surface area contributed by atoms with E-state index in [4.69, 9.17) is 24.4 Å². The van der Waals surface area contributed by atoms with Crippen molar-refractivity contribution in [2.45, 2.75) is 25.6 Å². The summed E-state index contributed by atoms with van der Waals surface area (Å²) < 4.78 is 15.1. The maximum absolute atomic E-state index is 9.13. The lowest BCUT2D eigenvalue weighted by molar-refractivity contribution is 0.102. The molecule has 2 saturated heterocycles. The van der Waals surface area contributed by atoms with Crippen LogP contribution in [0.2, 0.25) is 0 Å². The van der Waals surface area contributed by atoms with E-state index < -0.39 is 0 Å². The molecule has 0 radical (unpaired) electrons. The zero-order chi connectivity index (χ0) is 13.7. The van der Waals surface area contributed by atoms with Crippen molar-refractivity contribution in [3.8, 4) is 11.5 Å². The molecule has 0 bridgehead atoms. The minimum atomic E-state index is 0.106. The standard InChI is InChI=1S/C8H10O2.C6H10O3/c1-2-6-3-4-7(9)5-8(6)10;1(5-3-8-5)7-2-6-4-9-6/h3-5,9-10H,2H2,1H3;5-6H,1-4H2. The van der Waals surface area contributed by atoms with Gasteiger partial charge in [-0.05, 0) is 18.1 Å². The molecule has 2 N–H and O–H groups in total. The van der Waals surface area contributed by atoms with Crippen molar-refractivity contribution in [2.24, 2.45) is 0 Å². The number of phenolic OH excluding ortho intramolecular Hbond substituents is 2. The third-order valence-corrected chi connectivity index (χ3v) is 2.86. The van der Waals surface area contributed by atoms with Gasteiger partial charge in [0.1, 0.15) is 23.7 Å². The highest BCUT2D eigenvalue weighted by Gasteiger charge is 2.26. The van der Waals surface area contributed by atoms with E-state index >= 15 is 0 Å². The minimum absolute atomic E-state index is 0.106. The molecule has 106 valence electrons. The Morgan fingerprint density at radius 3 is 2.16 bits per heavy atom. The monoisotopic (exact) mass is 268 g/mol. The van der Waals surface area contributed by atoms with E-state index in [2.05, 4.69) is 0 Å². The van der Waals surface area contributed by atoms with Crippen LogP contribution in [0.3, 0.4) is 0 Å². The molecule has 0 spiro atoms. The zero-order valence-corrected chi connectivity index (χ0v) is 11.0. The SMILES string of the molecule is C(OCC1CO1)C1CO1.CCc1ccc(O)cc1O. The van der Waals surface area contributed by atoms with Gasteiger partial charge in [-0.15, -0.1) is 0 Å². The predicted molar refractivity (Wildman–Crippen MR) is 69.4 cm³/mol. The minimum Gasteiger partial charge on any atom is -0.508 e. The lowest BCUT2D eigenvalue weighted by Gasteiger charge is -1.99. The molecule has 2 heterocycles. The van der Waals surface area contributed by atoms with Crippen molar-refractivity contribution >= 4 is 0 Å². The normalized spacial score (nSPS) is 23.4. The molecule has 2 unspecified atom stereocenters. The number of benzene rings is 1. The fourth-order valence-electron chi connectivity index (χ4n) is 1.51. The Hall–Kier alpha value is -1.30. The number of phenols is 2. The number of rotatable bonds is 5. The predicted octanol–water partition coefficient (Wildman–Crippen LogP) is 1.46. The largest absolute Gasteiger partial charge is 0.508 e. The third kappa shape index (κ3) is 5.46. The molecule has 0 aromatic heterocycles. The van der Waals surface area contributed by atoms with Gasteiger partial charge < -0.3 is 24.4 Å². The molecular formula is C14H20O5. The fourth-order valence-corrected chi connectivity index (χ4v) is 1.51. The van der Waals surface area contributed by atoms with Crippen LogP contribution in [-0.4, -0.2) is 48.8 Å². The van der Waals surface area contributed by atoms with Crippen LogP contribution in [0.4, 0.5) is 0 Å². The molecule has 2 aliphatic heterocycles. The molecular weight excluding hydrogens is 248 g/mol. The maximum atomic E-state index is 9.13. The van der Waals surface area contributed by atoms with Gasteiger partial charge in [-0.1, -0.05) is 13.0 Å². The van der Waals surface area contributed by atoms with Crippen LogP contribution in [0, 0.1) is 0 Å². The van der Waals surface area contributed by atoms with E-state index in [1.165, 1.54) is 6.07 Å². The topological polar surface area (TPSA) is 74.8 Å². The first kappa shape index (κ1) is 14.1. The summed E-state index contributed by atoms with van der Waals surface area (Å²) in [6.07, 6.45) is 1.57. The van der Waals surface area contributed by atoms with Crippen molar-refractivity contribution in [2.75, 3.05) is 26.4 Å². The average molecular weight is 268 g/mol. The first-order chi connectivity index (χ1) is 9.19. The summed E-state index contributed by atoms with van der Waals surface area (Å²) in [5.41, 5.74) is 0.859. The molecule has 2 fully saturated rings. The van der Waals surface area contributed by atoms with Gasteiger partial charge in [-0.2, -0.15) is 0 Å². The van der Waals surface area contributed by atoms with E-state index in [1.54, 1.807) is 12.1 Å².